The molecule has 0 rings (SSSR count). The molecule has 0 aromatic heterocycles. The maximum atomic E-state index is 10.6. The van der Waals surface area contributed by atoms with E-state index in [4.69, 9.17) is 21.7 Å². The first-order valence-electron chi connectivity index (χ1n) is 5.43. The first-order valence-corrected chi connectivity index (χ1v) is 7.75. The van der Waals surface area contributed by atoms with Crippen LogP contribution in [-0.4, -0.2) is 44.7 Å². The van der Waals surface area contributed by atoms with E-state index in [1.54, 1.807) is 0 Å². The van der Waals surface area contributed by atoms with Crippen LogP contribution in [0, 0.1) is 0 Å². The van der Waals surface area contributed by atoms with Crippen molar-refractivity contribution in [3.8, 4) is 0 Å². The highest BCUT2D eigenvalue weighted by atomic mass is 33.1. The van der Waals surface area contributed by atoms with Crippen LogP contribution in [-0.2, 0) is 9.59 Å². The zero-order chi connectivity index (χ0) is 14.3. The fraction of sp³-hybridized carbons (Fsp3) is 0.800. The van der Waals surface area contributed by atoms with Crippen LogP contribution in [0.2, 0.25) is 0 Å². The quantitative estimate of drug-likeness (QED) is 0.362. The molecule has 0 amide bonds. The Morgan fingerprint density at radius 3 is 2.11 bits per heavy atom. The van der Waals surface area contributed by atoms with Crippen LogP contribution < -0.4 is 11.5 Å². The topological polar surface area (TPSA) is 127 Å². The lowest BCUT2D eigenvalue weighted by Crippen LogP contribution is -2.36. The Kier molecular flexibility index (Phi) is 7.69. The number of carbonyl (C=O) groups is 2. The summed E-state index contributed by atoms with van der Waals surface area (Å²) in [6.45, 7) is 3.81. The molecule has 0 aliphatic heterocycles. The second kappa shape index (κ2) is 7.88. The SMILES string of the molecule is CC(C)(CC(N)C(=O)O)SSCCC(N)C(=O)O. The van der Waals surface area contributed by atoms with E-state index >= 15 is 0 Å². The molecule has 0 aromatic carbocycles. The van der Waals surface area contributed by atoms with Gasteiger partial charge in [0.1, 0.15) is 12.1 Å². The van der Waals surface area contributed by atoms with E-state index in [0.717, 1.165) is 0 Å². The number of nitrogens with two attached hydrogens (primary N) is 2. The maximum absolute atomic E-state index is 10.6. The average molecular weight is 296 g/mol. The van der Waals surface area contributed by atoms with Gasteiger partial charge in [-0.15, -0.1) is 0 Å². The van der Waals surface area contributed by atoms with E-state index in [1.165, 1.54) is 21.6 Å². The molecule has 0 radical (unpaired) electrons. The molecule has 0 saturated carbocycles. The lowest BCUT2D eigenvalue weighted by atomic mass is 10.0. The summed E-state index contributed by atoms with van der Waals surface area (Å²) in [6.07, 6.45) is 0.735. The average Bonchev–Trinajstić information content (AvgIpc) is 2.23. The Bertz CT molecular complexity index is 300. The van der Waals surface area contributed by atoms with Gasteiger partial charge in [0.05, 0.1) is 0 Å². The fourth-order valence-corrected chi connectivity index (χ4v) is 3.85. The van der Waals surface area contributed by atoms with Crippen LogP contribution in [0.15, 0.2) is 0 Å². The molecule has 0 aliphatic rings. The molecule has 106 valence electrons. The summed E-state index contributed by atoms with van der Waals surface area (Å²) in [5, 5.41) is 17.3. The molecule has 8 heteroatoms. The van der Waals surface area contributed by atoms with Crippen molar-refractivity contribution in [2.45, 2.75) is 43.5 Å². The van der Waals surface area contributed by atoms with Crippen molar-refractivity contribution < 1.29 is 19.8 Å². The Labute approximate surface area is 114 Å². The lowest BCUT2D eigenvalue weighted by molar-refractivity contribution is -0.139. The van der Waals surface area contributed by atoms with Crippen LogP contribution in [0.4, 0.5) is 0 Å². The second-order valence-corrected chi connectivity index (χ2v) is 7.67. The van der Waals surface area contributed by atoms with Gasteiger partial charge in [0.2, 0.25) is 0 Å². The number of hydrogen-bond donors (Lipinski definition) is 4. The summed E-state index contributed by atoms with van der Waals surface area (Å²) in [6, 6.07) is -1.73. The smallest absolute Gasteiger partial charge is 0.320 e. The summed E-state index contributed by atoms with van der Waals surface area (Å²) in [4.78, 5) is 21.1. The zero-order valence-electron chi connectivity index (χ0n) is 10.5. The van der Waals surface area contributed by atoms with Crippen molar-refractivity contribution >= 4 is 33.5 Å². The minimum atomic E-state index is -1.01. The predicted molar refractivity (Wildman–Crippen MR) is 74.6 cm³/mol. The van der Waals surface area contributed by atoms with E-state index in [1.807, 2.05) is 13.8 Å². The third-order valence-electron chi connectivity index (χ3n) is 2.14. The van der Waals surface area contributed by atoms with Gasteiger partial charge in [0, 0.05) is 10.5 Å². The minimum Gasteiger partial charge on any atom is -0.480 e. The molecule has 0 bridgehead atoms. The summed E-state index contributed by atoms with van der Waals surface area (Å²) in [5.74, 6) is -1.42. The molecule has 0 saturated heterocycles. The Morgan fingerprint density at radius 2 is 1.67 bits per heavy atom. The standard InChI is InChI=1S/C10H20N2O4S2/c1-10(2,5-7(12)9(15)16)18-17-4-3-6(11)8(13)14/h6-7H,3-5,11-12H2,1-2H3,(H,13,14)(H,15,16). The van der Waals surface area contributed by atoms with Crippen molar-refractivity contribution in [1.82, 2.24) is 0 Å². The monoisotopic (exact) mass is 296 g/mol. The predicted octanol–water partition coefficient (Wildman–Crippen LogP) is 0.750. The summed E-state index contributed by atoms with van der Waals surface area (Å²) in [5.41, 5.74) is 10.8. The van der Waals surface area contributed by atoms with Gasteiger partial charge in [-0.05, 0) is 26.7 Å². The molecule has 0 spiro atoms. The number of carboxylic acids is 2. The highest BCUT2D eigenvalue weighted by Gasteiger charge is 2.26. The lowest BCUT2D eigenvalue weighted by Gasteiger charge is -2.25. The first-order chi connectivity index (χ1) is 8.15. The Hall–Kier alpha value is -0.440. The van der Waals surface area contributed by atoms with Gasteiger partial charge < -0.3 is 21.7 Å². The molecular weight excluding hydrogens is 276 g/mol. The number of carboxylic acid groups (broad SMARTS) is 2. The molecule has 18 heavy (non-hydrogen) atoms. The normalized spacial score (nSPS) is 15.1. The van der Waals surface area contributed by atoms with E-state index < -0.39 is 24.0 Å². The molecule has 0 aliphatic carbocycles. The third kappa shape index (κ3) is 7.80. The molecule has 6 nitrogen and oxygen atoms in total. The summed E-state index contributed by atoms with van der Waals surface area (Å²) < 4.78 is -0.282. The van der Waals surface area contributed by atoms with Crippen molar-refractivity contribution in [2.24, 2.45) is 11.5 Å². The van der Waals surface area contributed by atoms with Gasteiger partial charge in [-0.25, -0.2) is 0 Å². The van der Waals surface area contributed by atoms with E-state index in [-0.39, 0.29) is 4.75 Å². The molecular formula is C10H20N2O4S2. The van der Waals surface area contributed by atoms with Crippen molar-refractivity contribution in [3.05, 3.63) is 0 Å². The highest BCUT2D eigenvalue weighted by molar-refractivity contribution is 8.77. The molecule has 0 heterocycles. The van der Waals surface area contributed by atoms with Crippen LogP contribution in [0.3, 0.4) is 0 Å². The first kappa shape index (κ1) is 17.6. The van der Waals surface area contributed by atoms with Crippen molar-refractivity contribution in [3.63, 3.8) is 0 Å². The van der Waals surface area contributed by atoms with Gasteiger partial charge in [-0.3, -0.25) is 9.59 Å². The maximum Gasteiger partial charge on any atom is 0.320 e. The highest BCUT2D eigenvalue weighted by Crippen LogP contribution is 2.38. The van der Waals surface area contributed by atoms with Crippen LogP contribution in [0.1, 0.15) is 26.7 Å². The van der Waals surface area contributed by atoms with E-state index in [2.05, 4.69) is 0 Å². The molecule has 2 atom stereocenters. The van der Waals surface area contributed by atoms with Gasteiger partial charge in [0.25, 0.3) is 0 Å². The van der Waals surface area contributed by atoms with Crippen molar-refractivity contribution in [2.75, 3.05) is 5.75 Å². The van der Waals surface area contributed by atoms with Crippen molar-refractivity contribution in [1.29, 1.82) is 0 Å². The summed E-state index contributed by atoms with van der Waals surface area (Å²) in [7, 11) is 2.99. The minimum absolute atomic E-state index is 0.282. The molecule has 0 aromatic rings. The van der Waals surface area contributed by atoms with Gasteiger partial charge in [-0.1, -0.05) is 21.6 Å². The molecule has 0 fully saturated rings. The van der Waals surface area contributed by atoms with E-state index in [9.17, 15) is 9.59 Å². The zero-order valence-corrected chi connectivity index (χ0v) is 12.1. The van der Waals surface area contributed by atoms with Crippen LogP contribution in [0.25, 0.3) is 0 Å². The number of rotatable bonds is 9. The third-order valence-corrected chi connectivity index (χ3v) is 5.49. The Balaban J connectivity index is 3.90. The van der Waals surface area contributed by atoms with E-state index in [0.29, 0.717) is 18.6 Å². The Morgan fingerprint density at radius 1 is 1.17 bits per heavy atom. The van der Waals surface area contributed by atoms with Crippen LogP contribution >= 0.6 is 21.6 Å². The molecule has 2 unspecified atom stereocenters. The van der Waals surface area contributed by atoms with Gasteiger partial charge in [0.15, 0.2) is 0 Å². The molecule has 6 N–H and O–H groups in total. The fourth-order valence-electron chi connectivity index (χ4n) is 1.15. The van der Waals surface area contributed by atoms with Gasteiger partial charge in [-0.2, -0.15) is 0 Å². The summed E-state index contributed by atoms with van der Waals surface area (Å²) >= 11 is 0. The number of hydrogen-bond acceptors (Lipinski definition) is 6. The van der Waals surface area contributed by atoms with Crippen LogP contribution in [0.5, 0.6) is 0 Å². The number of aliphatic carboxylic acids is 2. The largest absolute Gasteiger partial charge is 0.480 e. The second-order valence-electron chi connectivity index (χ2n) is 4.55. The van der Waals surface area contributed by atoms with Gasteiger partial charge >= 0.3 is 11.9 Å².